The zero-order valence-electron chi connectivity index (χ0n) is 10.8. The van der Waals surface area contributed by atoms with Crippen molar-refractivity contribution in [1.82, 2.24) is 10.3 Å². The largest absolute Gasteiger partial charge is 0.352 e. The number of rotatable bonds is 4. The minimum atomic E-state index is -0.133. The first-order chi connectivity index (χ1) is 9.19. The first-order valence-electron chi connectivity index (χ1n) is 6.61. The number of nitrogen functional groups attached to an aromatic ring is 1. The molecule has 1 amide bonds. The van der Waals surface area contributed by atoms with Crippen LogP contribution in [-0.4, -0.2) is 17.4 Å². The first-order valence-corrected chi connectivity index (χ1v) is 6.99. The minimum absolute atomic E-state index is 0.133. The van der Waals surface area contributed by atoms with Crippen LogP contribution in [0.25, 0.3) is 0 Å². The molecular formula is C13H19ClN4O. The van der Waals surface area contributed by atoms with Crippen LogP contribution in [-0.2, 0) is 0 Å². The lowest BCUT2D eigenvalue weighted by Gasteiger charge is -2.21. The van der Waals surface area contributed by atoms with Crippen LogP contribution in [0.2, 0.25) is 5.15 Å². The van der Waals surface area contributed by atoms with Gasteiger partial charge in [0.2, 0.25) is 0 Å². The third kappa shape index (κ3) is 4.08. The van der Waals surface area contributed by atoms with Gasteiger partial charge in [0.1, 0.15) is 11.0 Å². The van der Waals surface area contributed by atoms with Crippen molar-refractivity contribution >= 4 is 23.3 Å². The highest BCUT2D eigenvalue weighted by Gasteiger charge is 2.15. The number of pyridine rings is 1. The fourth-order valence-electron chi connectivity index (χ4n) is 2.43. The second-order valence-electron chi connectivity index (χ2n) is 4.92. The summed E-state index contributed by atoms with van der Waals surface area (Å²) in [5, 5.41) is 3.20. The van der Waals surface area contributed by atoms with Crippen molar-refractivity contribution in [1.29, 1.82) is 0 Å². The SMILES string of the molecule is NNc1cc(C(=O)NCC2CCCCC2)cc(Cl)n1. The van der Waals surface area contributed by atoms with E-state index in [9.17, 15) is 4.79 Å². The lowest BCUT2D eigenvalue weighted by atomic mass is 9.89. The summed E-state index contributed by atoms with van der Waals surface area (Å²) in [6, 6.07) is 3.13. The zero-order chi connectivity index (χ0) is 13.7. The summed E-state index contributed by atoms with van der Waals surface area (Å²) in [5.74, 6) is 6.13. The molecule has 5 nitrogen and oxygen atoms in total. The number of nitrogens with zero attached hydrogens (tertiary/aromatic N) is 1. The number of hydrazine groups is 1. The molecule has 1 aromatic rings. The van der Waals surface area contributed by atoms with Gasteiger partial charge < -0.3 is 10.7 Å². The Kier molecular flexibility index (Phi) is 4.99. The van der Waals surface area contributed by atoms with Gasteiger partial charge in [-0.1, -0.05) is 30.9 Å². The summed E-state index contributed by atoms with van der Waals surface area (Å²) in [4.78, 5) is 16.0. The lowest BCUT2D eigenvalue weighted by Crippen LogP contribution is -2.30. The normalized spacial score (nSPS) is 16.1. The maximum Gasteiger partial charge on any atom is 0.251 e. The number of carbonyl (C=O) groups excluding carboxylic acids is 1. The highest BCUT2D eigenvalue weighted by atomic mass is 35.5. The number of halogens is 1. The van der Waals surface area contributed by atoms with Crippen molar-refractivity contribution in [3.8, 4) is 0 Å². The number of aromatic nitrogens is 1. The molecule has 1 fully saturated rings. The molecule has 0 aromatic carbocycles. The highest BCUT2D eigenvalue weighted by molar-refractivity contribution is 6.29. The van der Waals surface area contributed by atoms with Crippen LogP contribution in [0.15, 0.2) is 12.1 Å². The average Bonchev–Trinajstić information content (AvgIpc) is 2.45. The third-order valence-corrected chi connectivity index (χ3v) is 3.67. The number of amides is 1. The van der Waals surface area contributed by atoms with Crippen LogP contribution in [0.3, 0.4) is 0 Å². The number of hydrogen-bond donors (Lipinski definition) is 3. The van der Waals surface area contributed by atoms with Crippen molar-refractivity contribution in [2.24, 2.45) is 11.8 Å². The molecule has 1 saturated carbocycles. The van der Waals surface area contributed by atoms with E-state index in [0.29, 0.717) is 17.3 Å². The topological polar surface area (TPSA) is 80.0 Å². The Labute approximate surface area is 117 Å². The molecule has 0 bridgehead atoms. The van der Waals surface area contributed by atoms with Gasteiger partial charge in [-0.25, -0.2) is 10.8 Å². The molecule has 104 valence electrons. The molecule has 0 aliphatic heterocycles. The summed E-state index contributed by atoms with van der Waals surface area (Å²) in [7, 11) is 0. The second kappa shape index (κ2) is 6.73. The van der Waals surface area contributed by atoms with E-state index in [2.05, 4.69) is 15.7 Å². The van der Waals surface area contributed by atoms with Crippen molar-refractivity contribution < 1.29 is 4.79 Å². The minimum Gasteiger partial charge on any atom is -0.352 e. The Morgan fingerprint density at radius 2 is 2.11 bits per heavy atom. The van der Waals surface area contributed by atoms with Gasteiger partial charge >= 0.3 is 0 Å². The lowest BCUT2D eigenvalue weighted by molar-refractivity contribution is 0.0943. The third-order valence-electron chi connectivity index (χ3n) is 3.48. The number of anilines is 1. The Balaban J connectivity index is 1.93. The Morgan fingerprint density at radius 1 is 1.37 bits per heavy atom. The number of hydrogen-bond acceptors (Lipinski definition) is 4. The van der Waals surface area contributed by atoms with Crippen molar-refractivity contribution in [2.75, 3.05) is 12.0 Å². The summed E-state index contributed by atoms with van der Waals surface area (Å²) < 4.78 is 0. The van der Waals surface area contributed by atoms with Gasteiger partial charge in [-0.15, -0.1) is 0 Å². The first kappa shape index (κ1) is 14.1. The molecule has 1 aromatic heterocycles. The van der Waals surface area contributed by atoms with Gasteiger partial charge in [-0.2, -0.15) is 0 Å². The smallest absolute Gasteiger partial charge is 0.251 e. The monoisotopic (exact) mass is 282 g/mol. The average molecular weight is 283 g/mol. The van der Waals surface area contributed by atoms with E-state index >= 15 is 0 Å². The standard InChI is InChI=1S/C13H19ClN4O/c14-11-6-10(7-12(17-11)18-15)13(19)16-8-9-4-2-1-3-5-9/h6-7,9H,1-5,8,15H2,(H,16,19)(H,17,18). The fraction of sp³-hybridized carbons (Fsp3) is 0.538. The predicted octanol–water partition coefficient (Wildman–Crippen LogP) is 2.33. The maximum absolute atomic E-state index is 12.0. The van der Waals surface area contributed by atoms with Crippen LogP contribution in [0.4, 0.5) is 5.82 Å². The van der Waals surface area contributed by atoms with Crippen molar-refractivity contribution in [2.45, 2.75) is 32.1 Å². The van der Waals surface area contributed by atoms with E-state index in [4.69, 9.17) is 17.4 Å². The van der Waals surface area contributed by atoms with Gasteiger partial charge in [0, 0.05) is 12.1 Å². The molecule has 0 spiro atoms. The van der Waals surface area contributed by atoms with Crippen LogP contribution >= 0.6 is 11.6 Å². The molecule has 0 atom stereocenters. The van der Waals surface area contributed by atoms with E-state index in [1.165, 1.54) is 32.1 Å². The summed E-state index contributed by atoms with van der Waals surface area (Å²) in [5.41, 5.74) is 2.87. The molecular weight excluding hydrogens is 264 g/mol. The molecule has 0 saturated heterocycles. The zero-order valence-corrected chi connectivity index (χ0v) is 11.5. The van der Waals surface area contributed by atoms with Gasteiger partial charge in [0.05, 0.1) is 0 Å². The van der Waals surface area contributed by atoms with Crippen molar-refractivity contribution in [3.05, 3.63) is 22.8 Å². The van der Waals surface area contributed by atoms with Crippen LogP contribution < -0.4 is 16.6 Å². The van der Waals surface area contributed by atoms with E-state index < -0.39 is 0 Å². The van der Waals surface area contributed by atoms with Gasteiger partial charge in [0.25, 0.3) is 5.91 Å². The van der Waals surface area contributed by atoms with E-state index in [0.717, 1.165) is 6.54 Å². The van der Waals surface area contributed by atoms with Crippen LogP contribution in [0.5, 0.6) is 0 Å². The van der Waals surface area contributed by atoms with Crippen LogP contribution in [0, 0.1) is 5.92 Å². The molecule has 0 unspecified atom stereocenters. The maximum atomic E-state index is 12.0. The Hall–Kier alpha value is -1.33. The van der Waals surface area contributed by atoms with E-state index in [1.807, 2.05) is 0 Å². The molecule has 4 N–H and O–H groups in total. The van der Waals surface area contributed by atoms with Gasteiger partial charge in [-0.05, 0) is 30.9 Å². The molecule has 1 heterocycles. The summed E-state index contributed by atoms with van der Waals surface area (Å²) in [6.45, 7) is 0.726. The van der Waals surface area contributed by atoms with Crippen molar-refractivity contribution in [3.63, 3.8) is 0 Å². The molecule has 0 radical (unpaired) electrons. The number of nitrogens with two attached hydrogens (primary N) is 1. The number of carbonyl (C=O) groups is 1. The molecule has 19 heavy (non-hydrogen) atoms. The molecule has 6 heteroatoms. The molecule has 1 aliphatic rings. The second-order valence-corrected chi connectivity index (χ2v) is 5.31. The van der Waals surface area contributed by atoms with Gasteiger partial charge in [-0.3, -0.25) is 4.79 Å². The predicted molar refractivity (Wildman–Crippen MR) is 76.0 cm³/mol. The van der Waals surface area contributed by atoms with E-state index in [1.54, 1.807) is 12.1 Å². The van der Waals surface area contributed by atoms with Gasteiger partial charge in [0.15, 0.2) is 0 Å². The molecule has 1 aliphatic carbocycles. The summed E-state index contributed by atoms with van der Waals surface area (Å²) >= 11 is 5.84. The summed E-state index contributed by atoms with van der Waals surface area (Å²) in [6.07, 6.45) is 6.25. The highest BCUT2D eigenvalue weighted by Crippen LogP contribution is 2.23. The quantitative estimate of drug-likeness (QED) is 0.450. The van der Waals surface area contributed by atoms with E-state index in [-0.39, 0.29) is 11.1 Å². The Bertz CT molecular complexity index is 446. The fourth-order valence-corrected chi connectivity index (χ4v) is 2.64. The molecule has 2 rings (SSSR count). The Morgan fingerprint density at radius 3 is 2.79 bits per heavy atom. The van der Waals surface area contributed by atoms with Crippen LogP contribution in [0.1, 0.15) is 42.5 Å². The number of nitrogens with one attached hydrogen (secondary N) is 2.